The minimum absolute atomic E-state index is 0.0517. The molecule has 2 aromatic carbocycles. The summed E-state index contributed by atoms with van der Waals surface area (Å²) in [5.41, 5.74) is 14.0. The molecule has 0 bridgehead atoms. The summed E-state index contributed by atoms with van der Waals surface area (Å²) in [6.45, 7) is 4.29. The summed E-state index contributed by atoms with van der Waals surface area (Å²) in [5.74, 6) is 0.424. The summed E-state index contributed by atoms with van der Waals surface area (Å²) < 4.78 is 11.1. The summed E-state index contributed by atoms with van der Waals surface area (Å²) in [6, 6.07) is 17.0. The Bertz CT molecular complexity index is 1830. The predicted octanol–water partition coefficient (Wildman–Crippen LogP) is 2.51. The lowest BCUT2D eigenvalue weighted by molar-refractivity contribution is -0.131. The molecule has 4 aromatic rings. The van der Waals surface area contributed by atoms with E-state index in [1.165, 1.54) is 11.2 Å². The molecule has 3 amide bonds. The lowest BCUT2D eigenvalue weighted by Gasteiger charge is -2.37. The predicted molar refractivity (Wildman–Crippen MR) is 179 cm³/mol. The maximum absolute atomic E-state index is 13.4. The highest BCUT2D eigenvalue weighted by molar-refractivity contribution is 6.21. The Hall–Kier alpha value is -6.25. The van der Waals surface area contributed by atoms with Gasteiger partial charge in [-0.15, -0.1) is 0 Å². The first kappa shape index (κ1) is 31.7. The monoisotopic (exact) mass is 650 g/mol. The fraction of sp³-hybridized carbons (Fsp3) is 0.242. The molecule has 246 valence electrons. The van der Waals surface area contributed by atoms with Crippen molar-refractivity contribution in [3.63, 3.8) is 0 Å². The first-order valence-corrected chi connectivity index (χ1v) is 15.3. The first-order chi connectivity index (χ1) is 23.2. The Morgan fingerprint density at radius 3 is 2.35 bits per heavy atom. The van der Waals surface area contributed by atoms with Gasteiger partial charge in [0.25, 0.3) is 11.8 Å². The van der Waals surface area contributed by atoms with Crippen molar-refractivity contribution < 1.29 is 23.5 Å². The zero-order valence-electron chi connectivity index (χ0n) is 26.1. The third-order valence-electron chi connectivity index (χ3n) is 8.07. The van der Waals surface area contributed by atoms with Gasteiger partial charge >= 0.3 is 0 Å². The number of furan rings is 1. The number of nitrogens with one attached hydrogen (secondary N) is 2. The molecule has 15 nitrogen and oxygen atoms in total. The van der Waals surface area contributed by atoms with Gasteiger partial charge in [0.05, 0.1) is 29.5 Å². The van der Waals surface area contributed by atoms with Gasteiger partial charge in [-0.3, -0.25) is 19.3 Å². The number of rotatable bonds is 11. The Kier molecular flexibility index (Phi) is 9.00. The molecular weight excluding hydrogens is 616 g/mol. The van der Waals surface area contributed by atoms with Crippen molar-refractivity contribution in [2.24, 2.45) is 10.7 Å². The molecule has 1 fully saturated rings. The Labute approximate surface area is 275 Å². The topological polar surface area (TPSA) is 209 Å². The Morgan fingerprint density at radius 2 is 1.73 bits per heavy atom. The molecular formula is C33H34N10O5. The summed E-state index contributed by atoms with van der Waals surface area (Å²) >= 11 is 0. The van der Waals surface area contributed by atoms with Gasteiger partial charge in [-0.1, -0.05) is 12.1 Å². The fourth-order valence-corrected chi connectivity index (χ4v) is 5.57. The number of nitrogens with two attached hydrogens (primary N) is 2. The van der Waals surface area contributed by atoms with Crippen LogP contribution in [0.1, 0.15) is 39.0 Å². The minimum atomic E-state index is -0.680. The van der Waals surface area contributed by atoms with Crippen LogP contribution in [0, 0.1) is 5.41 Å². The number of imide groups is 1. The zero-order valence-corrected chi connectivity index (χ0v) is 26.1. The number of hydrogen-bond donors (Lipinski definition) is 4. The highest BCUT2D eigenvalue weighted by Gasteiger charge is 2.34. The normalized spacial score (nSPS) is 15.4. The molecule has 0 aliphatic carbocycles. The number of piperazine rings is 1. The molecule has 2 aromatic heterocycles. The number of nitrogen functional groups attached to an aromatic ring is 1. The summed E-state index contributed by atoms with van der Waals surface area (Å²) in [7, 11) is 0. The second-order valence-corrected chi connectivity index (χ2v) is 11.1. The van der Waals surface area contributed by atoms with Crippen LogP contribution in [0.15, 0.2) is 76.3 Å². The summed E-state index contributed by atoms with van der Waals surface area (Å²) in [5, 5.41) is 11.0. The average Bonchev–Trinajstić information content (AvgIpc) is 3.72. The number of anilines is 3. The highest BCUT2D eigenvalue weighted by atomic mass is 16.5. The van der Waals surface area contributed by atoms with E-state index in [0.29, 0.717) is 48.8 Å². The van der Waals surface area contributed by atoms with Crippen molar-refractivity contribution in [1.82, 2.24) is 19.8 Å². The van der Waals surface area contributed by atoms with E-state index >= 15 is 0 Å². The number of fused-ring (bicyclic) bond motifs is 1. The van der Waals surface area contributed by atoms with Crippen LogP contribution >= 0.6 is 0 Å². The number of amides is 3. The van der Waals surface area contributed by atoms with E-state index in [4.69, 9.17) is 26.0 Å². The second-order valence-electron chi connectivity index (χ2n) is 11.1. The molecule has 1 unspecified atom stereocenters. The molecule has 2 aliphatic rings. The quantitative estimate of drug-likeness (QED) is 0.105. The maximum atomic E-state index is 13.4. The number of aromatic nitrogens is 2. The minimum Gasteiger partial charge on any atom is -0.492 e. The van der Waals surface area contributed by atoms with E-state index in [1.807, 2.05) is 24.3 Å². The van der Waals surface area contributed by atoms with Crippen molar-refractivity contribution in [2.75, 3.05) is 55.3 Å². The molecule has 0 saturated carbocycles. The van der Waals surface area contributed by atoms with E-state index < -0.39 is 6.04 Å². The lowest BCUT2D eigenvalue weighted by atomic mass is 10.1. The summed E-state index contributed by atoms with van der Waals surface area (Å²) in [4.78, 5) is 56.2. The highest BCUT2D eigenvalue weighted by Crippen LogP contribution is 2.26. The first-order valence-electron chi connectivity index (χ1n) is 15.3. The van der Waals surface area contributed by atoms with Gasteiger partial charge in [0.15, 0.2) is 17.4 Å². The van der Waals surface area contributed by atoms with Gasteiger partial charge in [-0.2, -0.15) is 9.97 Å². The lowest BCUT2D eigenvalue weighted by Crippen LogP contribution is -2.52. The van der Waals surface area contributed by atoms with E-state index in [9.17, 15) is 14.4 Å². The van der Waals surface area contributed by atoms with Crippen molar-refractivity contribution in [2.45, 2.75) is 13.0 Å². The molecule has 1 atom stereocenters. The van der Waals surface area contributed by atoms with E-state index in [1.54, 1.807) is 48.2 Å². The number of benzene rings is 2. The maximum Gasteiger partial charge on any atom is 0.261 e. The van der Waals surface area contributed by atoms with Gasteiger partial charge in [0.2, 0.25) is 11.9 Å². The molecule has 0 spiro atoms. The van der Waals surface area contributed by atoms with E-state index in [-0.39, 0.29) is 59.9 Å². The van der Waals surface area contributed by atoms with Crippen LogP contribution in [0.2, 0.25) is 0 Å². The number of ether oxygens (including phenoxy) is 1. The fourth-order valence-electron chi connectivity index (χ4n) is 5.57. The molecule has 0 radical (unpaired) electrons. The molecule has 4 heterocycles. The zero-order chi connectivity index (χ0) is 33.8. The van der Waals surface area contributed by atoms with Crippen LogP contribution in [0.4, 0.5) is 23.3 Å². The van der Waals surface area contributed by atoms with Crippen LogP contribution < -0.4 is 26.4 Å². The molecule has 15 heteroatoms. The van der Waals surface area contributed by atoms with Gasteiger partial charge in [-0.05, 0) is 55.5 Å². The average molecular weight is 651 g/mol. The smallest absolute Gasteiger partial charge is 0.261 e. The SMILES string of the molecule is CC(Nc1nc(N)nc(N=C(N)c2ccco2)c1C=N)C(=O)N1CCN(c2ccc(OCCN3C(=O)c4ccccc4C3=O)cc2)CC1. The van der Waals surface area contributed by atoms with E-state index in [0.717, 1.165) is 11.9 Å². The number of aliphatic imine (C=N–C) groups is 1. The molecule has 1 saturated heterocycles. The Balaban J connectivity index is 1.00. The van der Waals surface area contributed by atoms with E-state index in [2.05, 4.69) is 25.2 Å². The third-order valence-corrected chi connectivity index (χ3v) is 8.07. The largest absolute Gasteiger partial charge is 0.492 e. The van der Waals surface area contributed by atoms with Crippen molar-refractivity contribution >= 4 is 53.0 Å². The number of hydrogen-bond acceptors (Lipinski definition) is 12. The van der Waals surface area contributed by atoms with Crippen LogP contribution in [0.3, 0.4) is 0 Å². The molecule has 48 heavy (non-hydrogen) atoms. The van der Waals surface area contributed by atoms with Crippen molar-refractivity contribution in [3.05, 3.63) is 89.4 Å². The molecule has 6 N–H and O–H groups in total. The second kappa shape index (κ2) is 13.6. The third kappa shape index (κ3) is 6.51. The standard InChI is InChI=1S/C33H34N10O5/c1-20(37-28-25(19-34)29(40-33(36)39-28)38-27(35)26-7-4-17-48-26)30(44)42-14-12-41(13-15-42)21-8-10-22(11-9-21)47-18-16-43-31(45)23-5-2-3-6-24(23)32(43)46/h2-11,17,19-20,34H,12-16,18H2,1H3,(H5,35,36,37,38,39,40). The van der Waals surface area contributed by atoms with Crippen LogP contribution in [0.25, 0.3) is 0 Å². The number of amidine groups is 1. The van der Waals surface area contributed by atoms with Gasteiger partial charge in [0, 0.05) is 38.1 Å². The van der Waals surface area contributed by atoms with Gasteiger partial charge in [0.1, 0.15) is 24.2 Å². The van der Waals surface area contributed by atoms with Crippen molar-refractivity contribution in [3.8, 4) is 5.75 Å². The molecule has 2 aliphatic heterocycles. The summed E-state index contributed by atoms with van der Waals surface area (Å²) in [6.07, 6.45) is 2.49. The van der Waals surface area contributed by atoms with Crippen molar-refractivity contribution in [1.29, 1.82) is 5.41 Å². The van der Waals surface area contributed by atoms with Gasteiger partial charge in [-0.25, -0.2) is 4.99 Å². The molecule has 6 rings (SSSR count). The van der Waals surface area contributed by atoms with Gasteiger partial charge < -0.3 is 41.1 Å². The number of nitrogens with zero attached hydrogens (tertiary/aromatic N) is 6. The number of carbonyl (C=O) groups excluding carboxylic acids is 3. The van der Waals surface area contributed by atoms with Crippen LogP contribution in [-0.2, 0) is 4.79 Å². The van der Waals surface area contributed by atoms with Crippen LogP contribution in [-0.4, -0.2) is 94.9 Å². The van der Waals surface area contributed by atoms with Crippen LogP contribution in [0.5, 0.6) is 5.75 Å². The Morgan fingerprint density at radius 1 is 1.04 bits per heavy atom. The number of carbonyl (C=O) groups is 3.